The maximum Gasteiger partial charge on any atom is 0.107 e. The van der Waals surface area contributed by atoms with Gasteiger partial charge < -0.3 is 5.32 Å². The zero-order valence-corrected chi connectivity index (χ0v) is 12.6. The third kappa shape index (κ3) is 4.04. The van der Waals surface area contributed by atoms with Crippen LogP contribution in [0.1, 0.15) is 44.3 Å². The molecule has 1 aromatic heterocycles. The van der Waals surface area contributed by atoms with Gasteiger partial charge in [0.2, 0.25) is 0 Å². The van der Waals surface area contributed by atoms with Crippen molar-refractivity contribution < 1.29 is 0 Å². The van der Waals surface area contributed by atoms with Crippen molar-refractivity contribution in [3.63, 3.8) is 0 Å². The van der Waals surface area contributed by atoms with E-state index in [1.165, 1.54) is 36.6 Å². The van der Waals surface area contributed by atoms with Gasteiger partial charge in [-0.3, -0.25) is 4.90 Å². The zero-order chi connectivity index (χ0) is 13.0. The van der Waals surface area contributed by atoms with Crippen LogP contribution in [0.5, 0.6) is 0 Å². The summed E-state index contributed by atoms with van der Waals surface area (Å²) in [6.07, 6.45) is 2.61. The minimum Gasteiger partial charge on any atom is -0.311 e. The summed E-state index contributed by atoms with van der Waals surface area (Å²) in [7, 11) is 0. The molecule has 0 aromatic carbocycles. The van der Waals surface area contributed by atoms with Crippen LogP contribution in [0.15, 0.2) is 5.38 Å². The van der Waals surface area contributed by atoms with Gasteiger partial charge in [-0.25, -0.2) is 4.98 Å². The average molecular weight is 267 g/mol. The second-order valence-electron chi connectivity index (χ2n) is 5.95. The Hall–Kier alpha value is -0.450. The van der Waals surface area contributed by atoms with Crippen LogP contribution >= 0.6 is 11.3 Å². The van der Waals surface area contributed by atoms with Crippen molar-refractivity contribution in [1.29, 1.82) is 0 Å². The molecule has 2 heterocycles. The molecule has 1 aromatic rings. The monoisotopic (exact) mass is 267 g/mol. The molecule has 1 N–H and O–H groups in total. The number of aromatic nitrogens is 1. The predicted molar refractivity (Wildman–Crippen MR) is 77.8 cm³/mol. The topological polar surface area (TPSA) is 28.2 Å². The van der Waals surface area contributed by atoms with Crippen molar-refractivity contribution in [1.82, 2.24) is 15.2 Å². The van der Waals surface area contributed by atoms with Gasteiger partial charge in [0, 0.05) is 18.5 Å². The number of piperidine rings is 1. The SMILES string of the molecule is CCNCc1nc(CN2CCC(C)(C)CC2)cs1. The molecule has 0 unspecified atom stereocenters. The smallest absolute Gasteiger partial charge is 0.107 e. The van der Waals surface area contributed by atoms with Gasteiger partial charge >= 0.3 is 0 Å². The van der Waals surface area contributed by atoms with Gasteiger partial charge in [-0.15, -0.1) is 11.3 Å². The molecule has 1 aliphatic heterocycles. The Balaban J connectivity index is 1.81. The van der Waals surface area contributed by atoms with Gasteiger partial charge in [0.1, 0.15) is 5.01 Å². The van der Waals surface area contributed by atoms with E-state index in [9.17, 15) is 0 Å². The third-order valence-electron chi connectivity index (χ3n) is 3.72. The Kier molecular flexibility index (Phi) is 4.76. The number of nitrogens with zero attached hydrogens (tertiary/aromatic N) is 2. The van der Waals surface area contributed by atoms with Gasteiger partial charge in [0.25, 0.3) is 0 Å². The maximum absolute atomic E-state index is 4.69. The minimum absolute atomic E-state index is 0.536. The largest absolute Gasteiger partial charge is 0.311 e. The summed E-state index contributed by atoms with van der Waals surface area (Å²) in [6.45, 7) is 12.3. The van der Waals surface area contributed by atoms with E-state index in [1.807, 2.05) is 0 Å². The molecule has 18 heavy (non-hydrogen) atoms. The summed E-state index contributed by atoms with van der Waals surface area (Å²) >= 11 is 1.78. The van der Waals surface area contributed by atoms with Gasteiger partial charge in [-0.05, 0) is 37.9 Å². The fourth-order valence-corrected chi connectivity index (χ4v) is 3.03. The summed E-state index contributed by atoms with van der Waals surface area (Å²) < 4.78 is 0. The highest BCUT2D eigenvalue weighted by Gasteiger charge is 2.25. The Morgan fingerprint density at radius 3 is 2.78 bits per heavy atom. The molecular weight excluding hydrogens is 242 g/mol. The van der Waals surface area contributed by atoms with Gasteiger partial charge in [0.15, 0.2) is 0 Å². The lowest BCUT2D eigenvalue weighted by atomic mass is 9.83. The highest BCUT2D eigenvalue weighted by molar-refractivity contribution is 7.09. The Labute approximate surface area is 115 Å². The van der Waals surface area contributed by atoms with Crippen molar-refractivity contribution in [3.8, 4) is 0 Å². The normalized spacial score (nSPS) is 20.2. The van der Waals surface area contributed by atoms with Crippen molar-refractivity contribution in [3.05, 3.63) is 16.1 Å². The fraction of sp³-hybridized carbons (Fsp3) is 0.786. The Morgan fingerprint density at radius 1 is 1.39 bits per heavy atom. The molecule has 0 spiro atoms. The van der Waals surface area contributed by atoms with E-state index < -0.39 is 0 Å². The van der Waals surface area contributed by atoms with Crippen molar-refractivity contribution in [2.75, 3.05) is 19.6 Å². The first-order chi connectivity index (χ1) is 8.59. The number of likely N-dealkylation sites (tertiary alicyclic amines) is 1. The van der Waals surface area contributed by atoms with E-state index in [2.05, 4.69) is 36.4 Å². The van der Waals surface area contributed by atoms with Crippen LogP contribution in [0.2, 0.25) is 0 Å². The van der Waals surface area contributed by atoms with Crippen molar-refractivity contribution >= 4 is 11.3 Å². The summed E-state index contributed by atoms with van der Waals surface area (Å²) in [6, 6.07) is 0. The quantitative estimate of drug-likeness (QED) is 0.889. The zero-order valence-electron chi connectivity index (χ0n) is 11.8. The lowest BCUT2D eigenvalue weighted by Crippen LogP contribution is -2.36. The van der Waals surface area contributed by atoms with Crippen LogP contribution in [0, 0.1) is 5.41 Å². The predicted octanol–water partition coefficient (Wildman–Crippen LogP) is 2.87. The highest BCUT2D eigenvalue weighted by atomic mass is 32.1. The fourth-order valence-electron chi connectivity index (χ4n) is 2.28. The molecule has 0 atom stereocenters. The second-order valence-corrected chi connectivity index (χ2v) is 6.90. The van der Waals surface area contributed by atoms with Crippen LogP contribution < -0.4 is 5.32 Å². The van der Waals surface area contributed by atoms with Crippen molar-refractivity contribution in [2.24, 2.45) is 5.41 Å². The maximum atomic E-state index is 4.69. The average Bonchev–Trinajstić information content (AvgIpc) is 2.77. The molecule has 0 amide bonds. The molecule has 0 radical (unpaired) electrons. The molecule has 0 bridgehead atoms. The summed E-state index contributed by atoms with van der Waals surface area (Å²) in [4.78, 5) is 7.23. The number of hydrogen-bond acceptors (Lipinski definition) is 4. The number of hydrogen-bond donors (Lipinski definition) is 1. The molecule has 4 heteroatoms. The van der Waals surface area contributed by atoms with Crippen LogP contribution in [-0.2, 0) is 13.1 Å². The first-order valence-electron chi connectivity index (χ1n) is 6.95. The van der Waals surface area contributed by atoms with E-state index >= 15 is 0 Å². The van der Waals surface area contributed by atoms with Crippen molar-refractivity contribution in [2.45, 2.75) is 46.7 Å². The van der Waals surface area contributed by atoms with Crippen LogP contribution in [0.4, 0.5) is 0 Å². The summed E-state index contributed by atoms with van der Waals surface area (Å²) in [5.41, 5.74) is 1.78. The minimum atomic E-state index is 0.536. The standard InChI is InChI=1S/C14H25N3S/c1-4-15-9-13-16-12(11-18-13)10-17-7-5-14(2,3)6-8-17/h11,15H,4-10H2,1-3H3. The molecule has 1 fully saturated rings. The number of nitrogens with one attached hydrogen (secondary N) is 1. The van der Waals surface area contributed by atoms with Gasteiger partial charge in [-0.1, -0.05) is 20.8 Å². The summed E-state index contributed by atoms with van der Waals surface area (Å²) in [5.74, 6) is 0. The van der Waals surface area contributed by atoms with Gasteiger partial charge in [0.05, 0.1) is 5.69 Å². The Morgan fingerprint density at radius 2 is 2.11 bits per heavy atom. The molecule has 1 saturated heterocycles. The van der Waals surface area contributed by atoms with E-state index in [0.717, 1.165) is 19.6 Å². The molecule has 0 aliphatic carbocycles. The molecule has 3 nitrogen and oxygen atoms in total. The van der Waals surface area contributed by atoms with E-state index in [0.29, 0.717) is 5.41 Å². The second kappa shape index (κ2) is 6.13. The molecule has 0 saturated carbocycles. The first-order valence-corrected chi connectivity index (χ1v) is 7.83. The van der Waals surface area contributed by atoms with E-state index in [-0.39, 0.29) is 0 Å². The number of rotatable bonds is 5. The first kappa shape index (κ1) is 14.0. The molecule has 2 rings (SSSR count). The van der Waals surface area contributed by atoms with Gasteiger partial charge in [-0.2, -0.15) is 0 Å². The molecular formula is C14H25N3S. The molecule has 1 aliphatic rings. The Bertz CT molecular complexity index is 363. The lowest BCUT2D eigenvalue weighted by Gasteiger charge is -2.36. The van der Waals surface area contributed by atoms with Crippen LogP contribution in [-0.4, -0.2) is 29.5 Å². The van der Waals surface area contributed by atoms with Crippen LogP contribution in [0.3, 0.4) is 0 Å². The number of thiazole rings is 1. The summed E-state index contributed by atoms with van der Waals surface area (Å²) in [5, 5.41) is 6.75. The van der Waals surface area contributed by atoms with E-state index in [4.69, 9.17) is 4.98 Å². The lowest BCUT2D eigenvalue weighted by molar-refractivity contribution is 0.126. The van der Waals surface area contributed by atoms with Crippen LogP contribution in [0.25, 0.3) is 0 Å². The molecule has 102 valence electrons. The van der Waals surface area contributed by atoms with E-state index in [1.54, 1.807) is 11.3 Å². The third-order valence-corrected chi connectivity index (χ3v) is 4.62. The highest BCUT2D eigenvalue weighted by Crippen LogP contribution is 2.30.